The number of pyridine rings is 2. The number of rotatable bonds is 8. The standard InChI is InChI=1S/C19H20N6/c1-3-9-22-16(5-1)7-11-20-13-18-19(25-15-24-18)14-21-12-8-17-6-2-4-10-23-17/h1-6,9-10,13-15H,7-8,11-12H2,(H,24,25). The lowest BCUT2D eigenvalue weighted by Crippen LogP contribution is -1.96. The monoisotopic (exact) mass is 332 g/mol. The van der Waals surface area contributed by atoms with Crippen LogP contribution >= 0.6 is 0 Å². The summed E-state index contributed by atoms with van der Waals surface area (Å²) in [4.78, 5) is 24.8. The highest BCUT2D eigenvalue weighted by Crippen LogP contribution is 1.99. The van der Waals surface area contributed by atoms with Gasteiger partial charge in [0.15, 0.2) is 0 Å². The molecule has 0 unspecified atom stereocenters. The highest BCUT2D eigenvalue weighted by molar-refractivity contribution is 5.90. The molecule has 3 aromatic rings. The minimum Gasteiger partial charge on any atom is -0.343 e. The first-order chi connectivity index (χ1) is 12.4. The first-order valence-electron chi connectivity index (χ1n) is 8.24. The highest BCUT2D eigenvalue weighted by Gasteiger charge is 2.00. The van der Waals surface area contributed by atoms with Crippen molar-refractivity contribution in [3.8, 4) is 0 Å². The van der Waals surface area contributed by atoms with Crippen molar-refractivity contribution >= 4 is 12.4 Å². The van der Waals surface area contributed by atoms with E-state index < -0.39 is 0 Å². The molecule has 0 bridgehead atoms. The molecule has 0 saturated heterocycles. The van der Waals surface area contributed by atoms with Gasteiger partial charge in [0.05, 0.1) is 12.0 Å². The molecule has 0 aliphatic carbocycles. The third kappa shape index (κ3) is 5.46. The topological polar surface area (TPSA) is 79.2 Å². The van der Waals surface area contributed by atoms with Gasteiger partial charge >= 0.3 is 0 Å². The van der Waals surface area contributed by atoms with Gasteiger partial charge in [0.2, 0.25) is 0 Å². The van der Waals surface area contributed by atoms with Crippen molar-refractivity contribution in [1.29, 1.82) is 0 Å². The van der Waals surface area contributed by atoms with Crippen LogP contribution in [-0.2, 0) is 12.8 Å². The average molecular weight is 332 g/mol. The van der Waals surface area contributed by atoms with Gasteiger partial charge in [-0.2, -0.15) is 0 Å². The number of H-pyrrole nitrogens is 1. The van der Waals surface area contributed by atoms with Crippen LogP contribution in [-0.4, -0.2) is 45.5 Å². The fraction of sp³-hybridized carbons (Fsp3) is 0.211. The lowest BCUT2D eigenvalue weighted by Gasteiger charge is -1.96. The maximum Gasteiger partial charge on any atom is 0.108 e. The Morgan fingerprint density at radius 2 is 1.44 bits per heavy atom. The molecule has 3 heterocycles. The smallest absolute Gasteiger partial charge is 0.108 e. The number of nitrogens with zero attached hydrogens (tertiary/aromatic N) is 5. The van der Waals surface area contributed by atoms with Crippen molar-refractivity contribution in [2.45, 2.75) is 12.8 Å². The Kier molecular flexibility index (Phi) is 6.16. The van der Waals surface area contributed by atoms with E-state index in [2.05, 4.69) is 29.9 Å². The number of aromatic nitrogens is 4. The molecule has 0 radical (unpaired) electrons. The van der Waals surface area contributed by atoms with Crippen molar-refractivity contribution in [2.75, 3.05) is 13.1 Å². The first-order valence-corrected chi connectivity index (χ1v) is 8.24. The molecule has 0 aromatic carbocycles. The van der Waals surface area contributed by atoms with Gasteiger partial charge in [-0.25, -0.2) is 4.98 Å². The van der Waals surface area contributed by atoms with Gasteiger partial charge < -0.3 is 4.98 Å². The molecule has 0 aliphatic rings. The summed E-state index contributed by atoms with van der Waals surface area (Å²) >= 11 is 0. The van der Waals surface area contributed by atoms with Crippen LogP contribution in [0.5, 0.6) is 0 Å². The normalized spacial score (nSPS) is 11.5. The van der Waals surface area contributed by atoms with Crippen molar-refractivity contribution in [1.82, 2.24) is 19.9 Å². The Morgan fingerprint density at radius 3 is 2.04 bits per heavy atom. The maximum atomic E-state index is 4.44. The van der Waals surface area contributed by atoms with E-state index >= 15 is 0 Å². The van der Waals surface area contributed by atoms with Crippen molar-refractivity contribution in [3.63, 3.8) is 0 Å². The number of aliphatic imine (C=N–C) groups is 2. The van der Waals surface area contributed by atoms with Crippen LogP contribution in [0.2, 0.25) is 0 Å². The number of hydrogen-bond acceptors (Lipinski definition) is 5. The molecular weight excluding hydrogens is 312 g/mol. The zero-order chi connectivity index (χ0) is 17.2. The molecule has 0 saturated carbocycles. The van der Waals surface area contributed by atoms with E-state index in [9.17, 15) is 0 Å². The van der Waals surface area contributed by atoms with Gasteiger partial charge in [0.1, 0.15) is 5.69 Å². The van der Waals surface area contributed by atoms with Crippen LogP contribution in [0.1, 0.15) is 22.8 Å². The second kappa shape index (κ2) is 9.22. The summed E-state index contributed by atoms with van der Waals surface area (Å²) in [5.41, 5.74) is 3.74. The predicted octanol–water partition coefficient (Wildman–Crippen LogP) is 2.52. The minimum absolute atomic E-state index is 0.681. The molecule has 25 heavy (non-hydrogen) atoms. The zero-order valence-electron chi connectivity index (χ0n) is 13.9. The molecule has 3 rings (SSSR count). The summed E-state index contributed by atoms with van der Waals surface area (Å²) in [6, 6.07) is 11.8. The number of imidazole rings is 1. The minimum atomic E-state index is 0.681. The van der Waals surface area contributed by atoms with Gasteiger partial charge in [-0.15, -0.1) is 0 Å². The van der Waals surface area contributed by atoms with E-state index in [1.807, 2.05) is 36.4 Å². The SMILES string of the molecule is C(=NCCc1ccccn1)c1nc[nH]c1C=NCCc1ccccn1. The fourth-order valence-corrected chi connectivity index (χ4v) is 2.28. The zero-order valence-corrected chi connectivity index (χ0v) is 13.9. The summed E-state index contributed by atoms with van der Waals surface area (Å²) in [7, 11) is 0. The number of nitrogens with one attached hydrogen (secondary N) is 1. The van der Waals surface area contributed by atoms with Crippen molar-refractivity contribution in [3.05, 3.63) is 77.9 Å². The largest absolute Gasteiger partial charge is 0.343 e. The van der Waals surface area contributed by atoms with Crippen molar-refractivity contribution in [2.24, 2.45) is 9.98 Å². The fourth-order valence-electron chi connectivity index (χ4n) is 2.28. The second-order valence-electron chi connectivity index (χ2n) is 5.41. The lowest BCUT2D eigenvalue weighted by molar-refractivity contribution is 0.925. The summed E-state index contributed by atoms with van der Waals surface area (Å²) in [5, 5.41) is 0. The summed E-state index contributed by atoms with van der Waals surface area (Å²) in [6.45, 7) is 1.37. The molecule has 6 heteroatoms. The molecule has 126 valence electrons. The van der Waals surface area contributed by atoms with E-state index in [-0.39, 0.29) is 0 Å². The molecular formula is C19H20N6. The van der Waals surface area contributed by atoms with E-state index in [1.54, 1.807) is 31.2 Å². The van der Waals surface area contributed by atoms with Crippen LogP contribution < -0.4 is 0 Å². The molecule has 3 aromatic heterocycles. The quantitative estimate of drug-likeness (QED) is 0.644. The molecule has 0 spiro atoms. The van der Waals surface area contributed by atoms with Crippen LogP contribution in [0.25, 0.3) is 0 Å². The van der Waals surface area contributed by atoms with Crippen LogP contribution in [0, 0.1) is 0 Å². The Balaban J connectivity index is 1.48. The molecule has 0 fully saturated rings. The Morgan fingerprint density at radius 1 is 0.800 bits per heavy atom. The molecule has 0 amide bonds. The van der Waals surface area contributed by atoms with Crippen LogP contribution in [0.3, 0.4) is 0 Å². The first kappa shape index (κ1) is 16.7. The summed E-state index contributed by atoms with van der Waals surface area (Å²) in [6.07, 6.45) is 10.5. The third-order valence-corrected chi connectivity index (χ3v) is 3.58. The van der Waals surface area contributed by atoms with Gasteiger partial charge in [-0.05, 0) is 24.3 Å². The molecule has 6 nitrogen and oxygen atoms in total. The highest BCUT2D eigenvalue weighted by atomic mass is 14.9. The molecule has 0 atom stereocenters. The van der Waals surface area contributed by atoms with E-state index in [4.69, 9.17) is 0 Å². The number of aromatic amines is 1. The number of hydrogen-bond donors (Lipinski definition) is 1. The summed E-state index contributed by atoms with van der Waals surface area (Å²) in [5.74, 6) is 0. The second-order valence-corrected chi connectivity index (χ2v) is 5.41. The molecule has 1 N–H and O–H groups in total. The van der Waals surface area contributed by atoms with Crippen molar-refractivity contribution < 1.29 is 0 Å². The summed E-state index contributed by atoms with van der Waals surface area (Å²) < 4.78 is 0. The Labute approximate surface area is 146 Å². The van der Waals surface area contributed by atoms with E-state index in [0.29, 0.717) is 13.1 Å². The predicted molar refractivity (Wildman–Crippen MR) is 99.4 cm³/mol. The van der Waals surface area contributed by atoms with E-state index in [1.165, 1.54) is 0 Å². The lowest BCUT2D eigenvalue weighted by atomic mass is 10.3. The Hall–Kier alpha value is -3.15. The third-order valence-electron chi connectivity index (χ3n) is 3.58. The average Bonchev–Trinajstić information content (AvgIpc) is 3.11. The van der Waals surface area contributed by atoms with Gasteiger partial charge in [0, 0.05) is 62.1 Å². The van der Waals surface area contributed by atoms with E-state index in [0.717, 1.165) is 35.6 Å². The van der Waals surface area contributed by atoms with Gasteiger partial charge in [-0.1, -0.05) is 12.1 Å². The van der Waals surface area contributed by atoms with Crippen LogP contribution in [0.15, 0.2) is 65.1 Å². The maximum absolute atomic E-state index is 4.44. The van der Waals surface area contributed by atoms with Gasteiger partial charge in [0.25, 0.3) is 0 Å². The van der Waals surface area contributed by atoms with Gasteiger partial charge in [-0.3, -0.25) is 20.0 Å². The Bertz CT molecular complexity index is 740. The van der Waals surface area contributed by atoms with Crippen LogP contribution in [0.4, 0.5) is 0 Å². The molecule has 0 aliphatic heterocycles.